The summed E-state index contributed by atoms with van der Waals surface area (Å²) < 4.78 is 23.2. The van der Waals surface area contributed by atoms with Gasteiger partial charge in [-0.1, -0.05) is 12.1 Å². The number of benzene rings is 2. The van der Waals surface area contributed by atoms with E-state index in [2.05, 4.69) is 0 Å². The Morgan fingerprint density at radius 3 is 1.47 bits per heavy atom. The molecule has 0 amide bonds. The van der Waals surface area contributed by atoms with E-state index in [9.17, 15) is 4.79 Å². The van der Waals surface area contributed by atoms with E-state index in [0.717, 1.165) is 22.3 Å². The van der Waals surface area contributed by atoms with Crippen molar-refractivity contribution in [2.75, 3.05) is 13.2 Å². The molecule has 0 aromatic heterocycles. The summed E-state index contributed by atoms with van der Waals surface area (Å²) in [5, 5.41) is 0. The lowest BCUT2D eigenvalue weighted by Gasteiger charge is -2.15. The maximum atomic E-state index is 13.1. The summed E-state index contributed by atoms with van der Waals surface area (Å²) in [6.07, 6.45) is 5.45. The second kappa shape index (κ2) is 11.8. The van der Waals surface area contributed by atoms with Gasteiger partial charge in [-0.3, -0.25) is 4.79 Å². The van der Waals surface area contributed by atoms with Crippen molar-refractivity contribution in [2.45, 2.75) is 66.6 Å². The fourth-order valence-electron chi connectivity index (χ4n) is 3.85. The molecule has 5 nitrogen and oxygen atoms in total. The SMILES string of the molecule is CCOc1cc(C=C2CCC(=Cc3ccc(OC(C)C)c(OCC)c3)C2=O)ccc1OC(C)C. The highest BCUT2D eigenvalue weighted by molar-refractivity contribution is 6.15. The van der Waals surface area contributed by atoms with Crippen molar-refractivity contribution in [3.8, 4) is 23.0 Å². The summed E-state index contributed by atoms with van der Waals surface area (Å²) in [5.74, 6) is 2.90. The molecule has 1 saturated carbocycles. The lowest BCUT2D eigenvalue weighted by Crippen LogP contribution is -2.07. The lowest BCUT2D eigenvalue weighted by atomic mass is 10.1. The summed E-state index contributed by atoms with van der Waals surface area (Å²) in [5.41, 5.74) is 3.46. The summed E-state index contributed by atoms with van der Waals surface area (Å²) in [7, 11) is 0. The molecular formula is C29H36O5. The molecule has 5 heteroatoms. The fourth-order valence-corrected chi connectivity index (χ4v) is 3.85. The number of ether oxygens (including phenoxy) is 4. The van der Waals surface area contributed by atoms with Gasteiger partial charge in [-0.25, -0.2) is 0 Å². The van der Waals surface area contributed by atoms with Crippen molar-refractivity contribution < 1.29 is 23.7 Å². The van der Waals surface area contributed by atoms with Gasteiger partial charge in [0.15, 0.2) is 28.8 Å². The maximum absolute atomic E-state index is 13.1. The molecule has 0 radical (unpaired) electrons. The largest absolute Gasteiger partial charge is 0.490 e. The minimum Gasteiger partial charge on any atom is -0.490 e. The van der Waals surface area contributed by atoms with Gasteiger partial charge in [-0.05, 0) is 102 Å². The molecule has 0 N–H and O–H groups in total. The number of ketones is 1. The summed E-state index contributed by atoms with van der Waals surface area (Å²) in [6.45, 7) is 12.9. The zero-order chi connectivity index (χ0) is 24.7. The highest BCUT2D eigenvalue weighted by Gasteiger charge is 2.23. The van der Waals surface area contributed by atoms with Crippen LogP contribution in [0.5, 0.6) is 23.0 Å². The van der Waals surface area contributed by atoms with E-state index in [1.54, 1.807) is 0 Å². The van der Waals surface area contributed by atoms with Gasteiger partial charge in [-0.15, -0.1) is 0 Å². The van der Waals surface area contributed by atoms with Gasteiger partial charge in [0.1, 0.15) is 0 Å². The quantitative estimate of drug-likeness (QED) is 0.358. The third-order valence-electron chi connectivity index (χ3n) is 5.19. The van der Waals surface area contributed by atoms with Crippen molar-refractivity contribution in [3.63, 3.8) is 0 Å². The Balaban J connectivity index is 1.83. The molecule has 0 heterocycles. The molecule has 1 fully saturated rings. The van der Waals surface area contributed by atoms with Gasteiger partial charge < -0.3 is 18.9 Å². The highest BCUT2D eigenvalue weighted by Crippen LogP contribution is 2.35. The average molecular weight is 465 g/mol. The first-order chi connectivity index (χ1) is 16.3. The molecule has 0 unspecified atom stereocenters. The first-order valence-corrected chi connectivity index (χ1v) is 12.1. The molecule has 0 atom stereocenters. The normalized spacial score (nSPS) is 16.1. The monoisotopic (exact) mass is 464 g/mol. The molecule has 182 valence electrons. The van der Waals surface area contributed by atoms with Crippen molar-refractivity contribution in [1.29, 1.82) is 0 Å². The highest BCUT2D eigenvalue weighted by atomic mass is 16.5. The van der Waals surface area contributed by atoms with E-state index in [1.807, 2.05) is 90.1 Å². The van der Waals surface area contributed by atoms with Crippen LogP contribution in [-0.4, -0.2) is 31.2 Å². The van der Waals surface area contributed by atoms with Crippen molar-refractivity contribution >= 4 is 17.9 Å². The summed E-state index contributed by atoms with van der Waals surface area (Å²) in [6, 6.07) is 11.6. The van der Waals surface area contributed by atoms with Crippen LogP contribution in [0.2, 0.25) is 0 Å². The van der Waals surface area contributed by atoms with Crippen LogP contribution in [0.1, 0.15) is 65.5 Å². The second-order valence-electron chi connectivity index (χ2n) is 8.78. The Labute approximate surface area is 203 Å². The first-order valence-electron chi connectivity index (χ1n) is 12.1. The van der Waals surface area contributed by atoms with Gasteiger partial charge >= 0.3 is 0 Å². The average Bonchev–Trinajstić information content (AvgIpc) is 3.11. The molecule has 1 aliphatic rings. The van der Waals surface area contributed by atoms with E-state index in [0.29, 0.717) is 49.1 Å². The Kier molecular flexibility index (Phi) is 8.80. The molecule has 0 bridgehead atoms. The van der Waals surface area contributed by atoms with Gasteiger partial charge in [0.05, 0.1) is 25.4 Å². The predicted molar refractivity (Wildman–Crippen MR) is 137 cm³/mol. The Morgan fingerprint density at radius 2 is 1.12 bits per heavy atom. The second-order valence-corrected chi connectivity index (χ2v) is 8.78. The van der Waals surface area contributed by atoms with Crippen molar-refractivity contribution in [1.82, 2.24) is 0 Å². The Bertz CT molecular complexity index is 979. The predicted octanol–water partition coefficient (Wildman–Crippen LogP) is 6.89. The van der Waals surface area contributed by atoms with E-state index < -0.39 is 0 Å². The van der Waals surface area contributed by atoms with Crippen LogP contribution >= 0.6 is 0 Å². The molecule has 2 aromatic rings. The third kappa shape index (κ3) is 6.66. The smallest absolute Gasteiger partial charge is 0.185 e. The van der Waals surface area contributed by atoms with E-state index >= 15 is 0 Å². The fraction of sp³-hybridized carbons (Fsp3) is 0.414. The van der Waals surface area contributed by atoms with Crippen LogP contribution in [0.25, 0.3) is 12.2 Å². The van der Waals surface area contributed by atoms with Crippen LogP contribution in [-0.2, 0) is 4.79 Å². The standard InChI is InChI=1S/C29H36O5/c1-7-31-27-17-21(9-13-25(27)33-19(3)4)15-23-11-12-24(29(23)30)16-22-10-14-26(34-20(5)6)28(18-22)32-8-2/h9-10,13-20H,7-8,11-12H2,1-6H3. The van der Waals surface area contributed by atoms with Crippen molar-refractivity contribution in [3.05, 3.63) is 58.7 Å². The molecule has 0 saturated heterocycles. The number of allylic oxidation sites excluding steroid dienone is 2. The number of hydrogen-bond acceptors (Lipinski definition) is 5. The topological polar surface area (TPSA) is 54.0 Å². The maximum Gasteiger partial charge on any atom is 0.185 e. The van der Waals surface area contributed by atoms with E-state index in [4.69, 9.17) is 18.9 Å². The molecule has 2 aromatic carbocycles. The minimum atomic E-state index is 0.0572. The number of carbonyl (C=O) groups is 1. The molecule has 0 aliphatic heterocycles. The molecule has 3 rings (SSSR count). The van der Waals surface area contributed by atoms with E-state index in [-0.39, 0.29) is 18.0 Å². The van der Waals surface area contributed by atoms with Crippen LogP contribution in [0, 0.1) is 0 Å². The van der Waals surface area contributed by atoms with Gasteiger partial charge in [0.25, 0.3) is 0 Å². The minimum absolute atomic E-state index is 0.0572. The zero-order valence-electron chi connectivity index (χ0n) is 21.1. The van der Waals surface area contributed by atoms with Gasteiger partial charge in [-0.2, -0.15) is 0 Å². The zero-order valence-corrected chi connectivity index (χ0v) is 21.1. The number of Topliss-reactive ketones (excluding diaryl/α,β-unsaturated/α-hetero) is 1. The number of carbonyl (C=O) groups excluding carboxylic acids is 1. The molecule has 1 aliphatic carbocycles. The number of hydrogen-bond donors (Lipinski definition) is 0. The number of rotatable bonds is 10. The van der Waals surface area contributed by atoms with Crippen LogP contribution in [0.4, 0.5) is 0 Å². The third-order valence-corrected chi connectivity index (χ3v) is 5.19. The summed E-state index contributed by atoms with van der Waals surface area (Å²) >= 11 is 0. The lowest BCUT2D eigenvalue weighted by molar-refractivity contribution is -0.111. The molecular weight excluding hydrogens is 428 g/mol. The molecule has 0 spiro atoms. The Morgan fingerprint density at radius 1 is 0.706 bits per heavy atom. The van der Waals surface area contributed by atoms with Crippen LogP contribution in [0.3, 0.4) is 0 Å². The van der Waals surface area contributed by atoms with Gasteiger partial charge in [0.2, 0.25) is 0 Å². The van der Waals surface area contributed by atoms with Crippen LogP contribution < -0.4 is 18.9 Å². The van der Waals surface area contributed by atoms with Crippen LogP contribution in [0.15, 0.2) is 47.5 Å². The van der Waals surface area contributed by atoms with Gasteiger partial charge in [0, 0.05) is 11.1 Å². The van der Waals surface area contributed by atoms with E-state index in [1.165, 1.54) is 0 Å². The first kappa shape index (κ1) is 25.4. The summed E-state index contributed by atoms with van der Waals surface area (Å²) in [4.78, 5) is 13.1. The van der Waals surface area contributed by atoms with Crippen molar-refractivity contribution in [2.24, 2.45) is 0 Å². The molecule has 34 heavy (non-hydrogen) atoms. The Hall–Kier alpha value is -3.21.